The minimum Gasteiger partial charge on any atom is -0.486 e. The molecule has 0 spiro atoms. The predicted molar refractivity (Wildman–Crippen MR) is 122 cm³/mol. The molecule has 3 heterocycles. The monoisotopic (exact) mass is 462 g/mol. The van der Waals surface area contributed by atoms with Gasteiger partial charge in [-0.05, 0) is 66.8 Å². The summed E-state index contributed by atoms with van der Waals surface area (Å²) in [5, 5.41) is 0. The number of fused-ring (bicyclic) bond motifs is 1. The van der Waals surface area contributed by atoms with Crippen LogP contribution in [-0.2, 0) is 11.2 Å². The van der Waals surface area contributed by atoms with Gasteiger partial charge in [-0.1, -0.05) is 18.2 Å². The summed E-state index contributed by atoms with van der Waals surface area (Å²) < 4.78 is 32.9. The number of carbonyl (C=O) groups is 2. The average Bonchev–Trinajstić information content (AvgIpc) is 2.85. The second kappa shape index (κ2) is 9.33. The molecular formula is C27H24F2N2O3. The van der Waals surface area contributed by atoms with E-state index < -0.39 is 5.95 Å². The number of aromatic nitrogens is 1. The van der Waals surface area contributed by atoms with Crippen LogP contribution in [0.3, 0.4) is 0 Å². The molecular weight excluding hydrogens is 438 g/mol. The van der Waals surface area contributed by atoms with Crippen LogP contribution in [0.25, 0.3) is 0 Å². The minimum absolute atomic E-state index is 0.00398. The van der Waals surface area contributed by atoms with Crippen molar-refractivity contribution in [2.75, 3.05) is 19.7 Å². The van der Waals surface area contributed by atoms with Crippen molar-refractivity contribution in [1.29, 1.82) is 0 Å². The van der Waals surface area contributed by atoms with Crippen LogP contribution in [0.2, 0.25) is 0 Å². The number of piperidine rings is 1. The first-order valence-electron chi connectivity index (χ1n) is 11.4. The van der Waals surface area contributed by atoms with E-state index in [4.69, 9.17) is 4.74 Å². The zero-order valence-corrected chi connectivity index (χ0v) is 18.5. The molecule has 2 aromatic carbocycles. The largest absolute Gasteiger partial charge is 0.486 e. The van der Waals surface area contributed by atoms with Crippen LogP contribution >= 0.6 is 0 Å². The third kappa shape index (κ3) is 4.55. The number of hydrogen-bond acceptors (Lipinski definition) is 4. The van der Waals surface area contributed by atoms with E-state index in [0.29, 0.717) is 42.9 Å². The van der Waals surface area contributed by atoms with Gasteiger partial charge in [-0.25, -0.2) is 9.37 Å². The Morgan fingerprint density at radius 1 is 1.03 bits per heavy atom. The molecule has 5 rings (SSSR count). The van der Waals surface area contributed by atoms with Gasteiger partial charge in [0.2, 0.25) is 5.95 Å². The number of benzene rings is 2. The Hall–Kier alpha value is -3.61. The fourth-order valence-electron chi connectivity index (χ4n) is 4.98. The highest BCUT2D eigenvalue weighted by atomic mass is 19.1. The second-order valence-corrected chi connectivity index (χ2v) is 8.87. The number of Topliss-reactive ketones (excluding diaryl/α,β-unsaturated/α-hetero) is 1. The maximum absolute atomic E-state index is 13.9. The number of nitrogens with zero attached hydrogens (tertiary/aromatic N) is 2. The van der Waals surface area contributed by atoms with Gasteiger partial charge in [-0.3, -0.25) is 9.59 Å². The van der Waals surface area contributed by atoms with Gasteiger partial charge in [-0.15, -0.1) is 0 Å². The molecule has 174 valence electrons. The summed E-state index contributed by atoms with van der Waals surface area (Å²) in [6, 6.07) is 16.2. The van der Waals surface area contributed by atoms with E-state index in [1.165, 1.54) is 18.2 Å². The molecule has 0 saturated carbocycles. The number of likely N-dealkylation sites (tertiary alicyclic amines) is 1. The molecule has 1 saturated heterocycles. The van der Waals surface area contributed by atoms with E-state index in [0.717, 1.165) is 11.1 Å². The summed E-state index contributed by atoms with van der Waals surface area (Å²) in [5.74, 6) is -0.380. The lowest BCUT2D eigenvalue weighted by atomic mass is 9.78. The Morgan fingerprint density at radius 3 is 2.53 bits per heavy atom. The lowest BCUT2D eigenvalue weighted by Crippen LogP contribution is -2.40. The van der Waals surface area contributed by atoms with Crippen LogP contribution in [-0.4, -0.2) is 41.3 Å². The van der Waals surface area contributed by atoms with Crippen LogP contribution < -0.4 is 4.74 Å². The highest BCUT2D eigenvalue weighted by Crippen LogP contribution is 2.38. The number of halogens is 2. The normalized spacial score (nSPS) is 17.1. The van der Waals surface area contributed by atoms with Crippen molar-refractivity contribution < 1.29 is 23.1 Å². The molecule has 34 heavy (non-hydrogen) atoms. The van der Waals surface area contributed by atoms with E-state index in [1.807, 2.05) is 4.90 Å². The summed E-state index contributed by atoms with van der Waals surface area (Å²) in [5.41, 5.74) is 2.77. The van der Waals surface area contributed by atoms with Gasteiger partial charge in [0.05, 0.1) is 5.69 Å². The lowest BCUT2D eigenvalue weighted by molar-refractivity contribution is -0.121. The van der Waals surface area contributed by atoms with Crippen LogP contribution in [0.1, 0.15) is 45.9 Å². The van der Waals surface area contributed by atoms with Gasteiger partial charge < -0.3 is 9.64 Å². The maximum Gasteiger partial charge on any atom is 0.253 e. The standard InChI is InChI=1S/C27H24F2N2O3/c28-21-7-4-17(5-8-21)26(23-2-1-3-25(29)30-23)18-10-12-31(13-11-18)27(33)19-6-9-24-20(14-19)15-22(32)16-34-24/h1-9,14,18,26H,10-13,15-16H2/t26-/m0/s1. The van der Waals surface area contributed by atoms with E-state index in [2.05, 4.69) is 4.98 Å². The Morgan fingerprint density at radius 2 is 1.79 bits per heavy atom. The molecule has 7 heteroatoms. The molecule has 1 aromatic heterocycles. The van der Waals surface area contributed by atoms with E-state index in [-0.39, 0.29) is 42.4 Å². The van der Waals surface area contributed by atoms with Gasteiger partial charge in [0.1, 0.15) is 18.2 Å². The van der Waals surface area contributed by atoms with Crippen LogP contribution in [0.15, 0.2) is 60.7 Å². The predicted octanol–water partition coefficient (Wildman–Crippen LogP) is 4.55. The summed E-state index contributed by atoms with van der Waals surface area (Å²) in [7, 11) is 0. The topological polar surface area (TPSA) is 59.5 Å². The molecule has 3 aromatic rings. The number of rotatable bonds is 4. The lowest BCUT2D eigenvalue weighted by Gasteiger charge is -2.36. The van der Waals surface area contributed by atoms with E-state index >= 15 is 0 Å². The van der Waals surface area contributed by atoms with Crippen molar-refractivity contribution in [3.8, 4) is 5.75 Å². The molecule has 2 aliphatic heterocycles. The summed E-state index contributed by atoms with van der Waals surface area (Å²) >= 11 is 0. The summed E-state index contributed by atoms with van der Waals surface area (Å²) in [6.45, 7) is 1.16. The Labute approximate surface area is 196 Å². The molecule has 0 radical (unpaired) electrons. The number of ketones is 1. The third-order valence-corrected chi connectivity index (χ3v) is 6.67. The SMILES string of the molecule is O=C1COc2ccc(C(=O)N3CCC([C@H](c4ccc(F)cc4)c4cccc(F)n4)CC3)cc2C1. The van der Waals surface area contributed by atoms with Gasteiger partial charge >= 0.3 is 0 Å². The number of ether oxygens (including phenoxy) is 1. The van der Waals surface area contributed by atoms with Gasteiger partial charge in [0.15, 0.2) is 5.78 Å². The van der Waals surface area contributed by atoms with E-state index in [9.17, 15) is 18.4 Å². The van der Waals surface area contributed by atoms with Gasteiger partial charge in [0.25, 0.3) is 5.91 Å². The smallest absolute Gasteiger partial charge is 0.253 e. The fourth-order valence-corrected chi connectivity index (χ4v) is 4.98. The van der Waals surface area contributed by atoms with Crippen molar-refractivity contribution in [3.05, 3.63) is 94.8 Å². The zero-order valence-electron chi connectivity index (χ0n) is 18.5. The fraction of sp³-hybridized carbons (Fsp3) is 0.296. The molecule has 1 amide bonds. The van der Waals surface area contributed by atoms with Crippen molar-refractivity contribution >= 4 is 11.7 Å². The first-order chi connectivity index (χ1) is 16.5. The van der Waals surface area contributed by atoms with Crippen LogP contribution in [0.5, 0.6) is 5.75 Å². The average molecular weight is 462 g/mol. The van der Waals surface area contributed by atoms with Gasteiger partial charge in [0, 0.05) is 36.6 Å². The highest BCUT2D eigenvalue weighted by molar-refractivity contribution is 5.95. The zero-order chi connectivity index (χ0) is 23.7. The second-order valence-electron chi connectivity index (χ2n) is 8.87. The molecule has 1 atom stereocenters. The van der Waals surface area contributed by atoms with Crippen molar-refractivity contribution in [2.24, 2.45) is 5.92 Å². The summed E-state index contributed by atoms with van der Waals surface area (Å²) in [6.07, 6.45) is 1.69. The maximum atomic E-state index is 13.9. The van der Waals surface area contributed by atoms with E-state index in [1.54, 1.807) is 42.5 Å². The number of hydrogen-bond donors (Lipinski definition) is 0. The van der Waals surface area contributed by atoms with Crippen molar-refractivity contribution in [3.63, 3.8) is 0 Å². The molecule has 2 aliphatic rings. The molecule has 0 aliphatic carbocycles. The van der Waals surface area contributed by atoms with Crippen LogP contribution in [0, 0.1) is 17.7 Å². The highest BCUT2D eigenvalue weighted by Gasteiger charge is 2.32. The van der Waals surface area contributed by atoms with Gasteiger partial charge in [-0.2, -0.15) is 4.39 Å². The number of amides is 1. The molecule has 5 nitrogen and oxygen atoms in total. The first-order valence-corrected chi connectivity index (χ1v) is 11.4. The molecule has 0 unspecified atom stereocenters. The quantitative estimate of drug-likeness (QED) is 0.534. The first kappa shape index (κ1) is 22.2. The summed E-state index contributed by atoms with van der Waals surface area (Å²) in [4.78, 5) is 30.8. The third-order valence-electron chi connectivity index (χ3n) is 6.67. The van der Waals surface area contributed by atoms with Crippen molar-refractivity contribution in [1.82, 2.24) is 9.88 Å². The number of carbonyl (C=O) groups excluding carboxylic acids is 2. The Balaban J connectivity index is 1.33. The number of pyridine rings is 1. The molecule has 0 N–H and O–H groups in total. The molecule has 0 bridgehead atoms. The van der Waals surface area contributed by atoms with Crippen molar-refractivity contribution in [2.45, 2.75) is 25.2 Å². The van der Waals surface area contributed by atoms with Crippen LogP contribution in [0.4, 0.5) is 8.78 Å². The minimum atomic E-state index is -0.549. The molecule has 1 fully saturated rings. The Bertz CT molecular complexity index is 1220. The Kier molecular flexibility index (Phi) is 6.09.